The summed E-state index contributed by atoms with van der Waals surface area (Å²) < 4.78 is 0.422. The fraction of sp³-hybridized carbons (Fsp3) is 0. The highest BCUT2D eigenvalue weighted by Gasteiger charge is 2.10. The lowest BCUT2D eigenvalue weighted by atomic mass is 10.2. The largest absolute Gasteiger partial charge is 0.506 e. The third-order valence-electron chi connectivity index (χ3n) is 2.60. The van der Waals surface area contributed by atoms with Gasteiger partial charge in [-0.15, -0.1) is 0 Å². The molecule has 0 bridgehead atoms. The zero-order chi connectivity index (χ0) is 16.3. The molecule has 0 fully saturated rings. The number of carbonyl (C=O) groups excluding carboxylic acids is 1. The fourth-order valence-corrected chi connectivity index (χ4v) is 2.79. The van der Waals surface area contributed by atoms with E-state index in [1.54, 1.807) is 12.1 Å². The molecule has 1 amide bonds. The van der Waals surface area contributed by atoms with Gasteiger partial charge in [-0.1, -0.05) is 34.8 Å². The predicted octanol–water partition coefficient (Wildman–Crippen LogP) is 4.88. The van der Waals surface area contributed by atoms with Gasteiger partial charge in [0, 0.05) is 15.6 Å². The van der Waals surface area contributed by atoms with Crippen LogP contribution in [-0.2, 0) is 0 Å². The van der Waals surface area contributed by atoms with Crippen molar-refractivity contribution in [2.24, 2.45) is 5.10 Å². The van der Waals surface area contributed by atoms with Crippen LogP contribution in [-0.4, -0.2) is 17.2 Å². The van der Waals surface area contributed by atoms with Crippen molar-refractivity contribution in [2.75, 3.05) is 0 Å². The van der Waals surface area contributed by atoms with Gasteiger partial charge in [0.1, 0.15) is 5.75 Å². The van der Waals surface area contributed by atoms with E-state index < -0.39 is 5.91 Å². The molecule has 0 aromatic heterocycles. The van der Waals surface area contributed by atoms with Gasteiger partial charge in [-0.3, -0.25) is 4.79 Å². The lowest BCUT2D eigenvalue weighted by molar-refractivity contribution is 0.0955. The quantitative estimate of drug-likeness (QED) is 0.547. The Morgan fingerprint density at radius 2 is 1.91 bits per heavy atom. The molecule has 2 aromatic rings. The summed E-state index contributed by atoms with van der Waals surface area (Å²) in [5.41, 5.74) is 2.84. The average molecular weight is 422 g/mol. The fourth-order valence-electron chi connectivity index (χ4n) is 1.58. The van der Waals surface area contributed by atoms with Gasteiger partial charge in [0.25, 0.3) is 5.91 Å². The smallest absolute Gasteiger partial charge is 0.272 e. The molecule has 0 heterocycles. The Hall–Kier alpha value is -1.27. The monoisotopic (exact) mass is 420 g/mol. The number of hydrazone groups is 1. The molecule has 0 aliphatic heterocycles. The molecule has 114 valence electrons. The number of nitrogens with one attached hydrogen (secondary N) is 1. The van der Waals surface area contributed by atoms with E-state index in [0.29, 0.717) is 20.1 Å². The van der Waals surface area contributed by atoms with Crippen LogP contribution in [0.3, 0.4) is 0 Å². The van der Waals surface area contributed by atoms with Crippen LogP contribution in [0.25, 0.3) is 0 Å². The van der Waals surface area contributed by atoms with Crippen LogP contribution in [0, 0.1) is 0 Å². The molecule has 0 aliphatic rings. The number of phenols is 1. The first-order chi connectivity index (χ1) is 10.4. The molecule has 0 atom stereocenters. The lowest BCUT2D eigenvalue weighted by Gasteiger charge is -2.04. The molecule has 2 aromatic carbocycles. The number of aromatic hydroxyl groups is 1. The van der Waals surface area contributed by atoms with E-state index in [-0.39, 0.29) is 16.3 Å². The summed E-state index contributed by atoms with van der Waals surface area (Å²) in [7, 11) is 0. The van der Waals surface area contributed by atoms with Crippen LogP contribution in [0.2, 0.25) is 15.1 Å². The van der Waals surface area contributed by atoms with Gasteiger partial charge in [0.2, 0.25) is 0 Å². The van der Waals surface area contributed by atoms with Gasteiger partial charge in [-0.05, 0) is 46.3 Å². The number of halogens is 4. The maximum Gasteiger partial charge on any atom is 0.272 e. The summed E-state index contributed by atoms with van der Waals surface area (Å²) in [5.74, 6) is -0.562. The first-order valence-corrected chi connectivity index (χ1v) is 7.77. The maximum atomic E-state index is 12.0. The molecule has 4 nitrogen and oxygen atoms in total. The van der Waals surface area contributed by atoms with E-state index in [1.165, 1.54) is 24.4 Å². The molecule has 0 saturated carbocycles. The highest BCUT2D eigenvalue weighted by atomic mass is 79.9. The van der Waals surface area contributed by atoms with Crippen LogP contribution < -0.4 is 5.43 Å². The van der Waals surface area contributed by atoms with Crippen LogP contribution in [0.4, 0.5) is 0 Å². The third-order valence-corrected chi connectivity index (χ3v) is 3.99. The van der Waals surface area contributed by atoms with Gasteiger partial charge in [-0.25, -0.2) is 5.43 Å². The van der Waals surface area contributed by atoms with E-state index in [0.717, 1.165) is 0 Å². The molecular formula is C14H8BrCl3N2O2. The summed E-state index contributed by atoms with van der Waals surface area (Å²) in [6, 6.07) is 7.57. The molecule has 0 radical (unpaired) electrons. The predicted molar refractivity (Wildman–Crippen MR) is 92.3 cm³/mol. The summed E-state index contributed by atoms with van der Waals surface area (Å²) in [6.45, 7) is 0. The molecule has 2 N–H and O–H groups in total. The van der Waals surface area contributed by atoms with Crippen molar-refractivity contribution in [1.82, 2.24) is 5.43 Å². The van der Waals surface area contributed by atoms with E-state index in [2.05, 4.69) is 26.5 Å². The first kappa shape index (κ1) is 17.1. The third kappa shape index (κ3) is 4.14. The molecule has 0 unspecified atom stereocenters. The summed E-state index contributed by atoms with van der Waals surface area (Å²) in [4.78, 5) is 12.0. The van der Waals surface area contributed by atoms with Crippen LogP contribution in [0.5, 0.6) is 5.75 Å². The zero-order valence-corrected chi connectivity index (χ0v) is 14.6. The van der Waals surface area contributed by atoms with E-state index in [9.17, 15) is 9.90 Å². The maximum absolute atomic E-state index is 12.0. The number of benzene rings is 2. The molecular weight excluding hydrogens is 414 g/mol. The normalized spacial score (nSPS) is 10.9. The van der Waals surface area contributed by atoms with Crippen molar-refractivity contribution in [3.8, 4) is 5.75 Å². The molecule has 0 aliphatic carbocycles. The Balaban J connectivity index is 2.16. The SMILES string of the molecule is O=C(NN=Cc1cc(Cl)cc(Br)c1O)c1cc(Cl)ccc1Cl. The molecule has 2 rings (SSSR count). The minimum absolute atomic E-state index is 0.0387. The summed E-state index contributed by atoms with van der Waals surface area (Å²) in [6.07, 6.45) is 1.27. The van der Waals surface area contributed by atoms with Gasteiger partial charge >= 0.3 is 0 Å². The molecule has 0 spiro atoms. The van der Waals surface area contributed by atoms with Crippen molar-refractivity contribution in [2.45, 2.75) is 0 Å². The topological polar surface area (TPSA) is 61.7 Å². The average Bonchev–Trinajstić information content (AvgIpc) is 2.46. The van der Waals surface area contributed by atoms with Crippen molar-refractivity contribution in [3.05, 3.63) is 61.0 Å². The van der Waals surface area contributed by atoms with Gasteiger partial charge in [0.15, 0.2) is 0 Å². The molecule has 0 saturated heterocycles. The van der Waals surface area contributed by atoms with E-state index >= 15 is 0 Å². The van der Waals surface area contributed by atoms with Crippen molar-refractivity contribution >= 4 is 62.9 Å². The van der Waals surface area contributed by atoms with E-state index in [4.69, 9.17) is 34.8 Å². The number of nitrogens with zero attached hydrogens (tertiary/aromatic N) is 1. The second-order valence-corrected chi connectivity index (χ2v) is 6.28. The zero-order valence-electron chi connectivity index (χ0n) is 10.8. The van der Waals surface area contributed by atoms with Crippen LogP contribution in [0.15, 0.2) is 39.9 Å². The number of hydrogen-bond donors (Lipinski definition) is 2. The van der Waals surface area contributed by atoms with Crippen molar-refractivity contribution in [3.63, 3.8) is 0 Å². The number of phenolic OH excluding ortho intramolecular Hbond substituents is 1. The molecule has 8 heteroatoms. The van der Waals surface area contributed by atoms with Gasteiger partial charge < -0.3 is 5.11 Å². The second kappa shape index (κ2) is 7.33. The number of rotatable bonds is 3. The summed E-state index contributed by atoms with van der Waals surface area (Å²) >= 11 is 20.8. The highest BCUT2D eigenvalue weighted by molar-refractivity contribution is 9.10. The van der Waals surface area contributed by atoms with Crippen LogP contribution >= 0.6 is 50.7 Å². The molecule has 22 heavy (non-hydrogen) atoms. The minimum Gasteiger partial charge on any atom is -0.506 e. The van der Waals surface area contributed by atoms with Crippen molar-refractivity contribution < 1.29 is 9.90 Å². The Morgan fingerprint density at radius 1 is 1.18 bits per heavy atom. The highest BCUT2D eigenvalue weighted by Crippen LogP contribution is 2.30. The Labute approximate surface area is 149 Å². The minimum atomic E-state index is -0.524. The van der Waals surface area contributed by atoms with E-state index in [1.807, 2.05) is 0 Å². The number of amides is 1. The first-order valence-electron chi connectivity index (χ1n) is 5.85. The standard InChI is InChI=1S/C14H8BrCl3N2O2/c15-11-5-9(17)3-7(13(11)21)6-19-20-14(22)10-4-8(16)1-2-12(10)18/h1-6,21H,(H,20,22). The number of carbonyl (C=O) groups is 1. The Morgan fingerprint density at radius 3 is 2.64 bits per heavy atom. The van der Waals surface area contributed by atoms with Gasteiger partial charge in [-0.2, -0.15) is 5.10 Å². The van der Waals surface area contributed by atoms with Crippen LogP contribution in [0.1, 0.15) is 15.9 Å². The second-order valence-electron chi connectivity index (χ2n) is 4.15. The van der Waals surface area contributed by atoms with Gasteiger partial charge in [0.05, 0.1) is 21.3 Å². The lowest BCUT2D eigenvalue weighted by Crippen LogP contribution is -2.18. The number of hydrogen-bond acceptors (Lipinski definition) is 3. The Kier molecular flexibility index (Phi) is 5.69. The summed E-state index contributed by atoms with van der Waals surface area (Å²) in [5, 5.41) is 14.7. The van der Waals surface area contributed by atoms with Crippen molar-refractivity contribution in [1.29, 1.82) is 0 Å². The Bertz CT molecular complexity index is 766.